The summed E-state index contributed by atoms with van der Waals surface area (Å²) in [5.74, 6) is 0.751. The van der Waals surface area contributed by atoms with Crippen LogP contribution in [0.3, 0.4) is 0 Å². The minimum absolute atomic E-state index is 0.0481. The van der Waals surface area contributed by atoms with Gasteiger partial charge in [0.2, 0.25) is 0 Å². The van der Waals surface area contributed by atoms with Gasteiger partial charge in [-0.2, -0.15) is 0 Å². The fraction of sp³-hybridized carbons (Fsp3) is 0.538. The lowest BCUT2D eigenvalue weighted by Gasteiger charge is -2.31. The van der Waals surface area contributed by atoms with Gasteiger partial charge in [0.15, 0.2) is 0 Å². The predicted octanol–water partition coefficient (Wildman–Crippen LogP) is 3.11. The Bertz CT molecular complexity index is 387. The minimum atomic E-state index is 0.0481. The van der Waals surface area contributed by atoms with E-state index in [1.807, 2.05) is 17.9 Å². The summed E-state index contributed by atoms with van der Waals surface area (Å²) in [6, 6.07) is 3.63. The van der Waals surface area contributed by atoms with Gasteiger partial charge in [0.25, 0.3) is 5.91 Å². The molecule has 3 nitrogen and oxygen atoms in total. The zero-order valence-corrected chi connectivity index (χ0v) is 11.6. The average Bonchev–Trinajstić information content (AvgIpc) is 2.28. The third kappa shape index (κ3) is 3.06. The fourth-order valence-corrected chi connectivity index (χ4v) is 2.24. The van der Waals surface area contributed by atoms with Crippen molar-refractivity contribution in [1.29, 1.82) is 0 Å². The molecule has 1 amide bonds. The SMILES string of the molecule is CCN(CC1CCC1)C(=O)c1ccc(Br)cn1. The molecule has 1 heterocycles. The summed E-state index contributed by atoms with van der Waals surface area (Å²) in [4.78, 5) is 18.3. The molecule has 0 saturated heterocycles. The van der Waals surface area contributed by atoms with Crippen molar-refractivity contribution in [3.8, 4) is 0 Å². The first kappa shape index (κ1) is 12.6. The molecule has 0 spiro atoms. The van der Waals surface area contributed by atoms with Crippen LogP contribution in [0.2, 0.25) is 0 Å². The van der Waals surface area contributed by atoms with E-state index >= 15 is 0 Å². The molecule has 17 heavy (non-hydrogen) atoms. The van der Waals surface area contributed by atoms with Crippen LogP contribution in [0, 0.1) is 5.92 Å². The maximum atomic E-state index is 12.2. The van der Waals surface area contributed by atoms with E-state index in [0.29, 0.717) is 11.6 Å². The second-order valence-electron chi connectivity index (χ2n) is 4.50. The molecule has 1 aromatic heterocycles. The van der Waals surface area contributed by atoms with E-state index in [4.69, 9.17) is 0 Å². The first-order chi connectivity index (χ1) is 8.20. The van der Waals surface area contributed by atoms with Gasteiger partial charge in [-0.05, 0) is 53.7 Å². The number of amides is 1. The van der Waals surface area contributed by atoms with E-state index in [2.05, 4.69) is 20.9 Å². The quantitative estimate of drug-likeness (QED) is 0.855. The maximum absolute atomic E-state index is 12.2. The molecule has 1 fully saturated rings. The molecule has 1 saturated carbocycles. The van der Waals surface area contributed by atoms with Crippen molar-refractivity contribution in [3.63, 3.8) is 0 Å². The number of hydrogen-bond acceptors (Lipinski definition) is 2. The maximum Gasteiger partial charge on any atom is 0.272 e. The number of nitrogens with zero attached hydrogens (tertiary/aromatic N) is 2. The zero-order valence-electron chi connectivity index (χ0n) is 10.0. The molecule has 0 bridgehead atoms. The lowest BCUT2D eigenvalue weighted by Crippen LogP contribution is -2.37. The van der Waals surface area contributed by atoms with E-state index in [9.17, 15) is 4.79 Å². The van der Waals surface area contributed by atoms with Crippen LogP contribution in [-0.2, 0) is 0 Å². The first-order valence-corrected chi connectivity index (χ1v) is 6.91. The molecule has 1 aliphatic rings. The number of pyridine rings is 1. The highest BCUT2D eigenvalue weighted by molar-refractivity contribution is 9.10. The molecule has 0 unspecified atom stereocenters. The number of hydrogen-bond donors (Lipinski definition) is 0. The number of rotatable bonds is 4. The molecule has 0 radical (unpaired) electrons. The molecule has 0 N–H and O–H groups in total. The Morgan fingerprint density at radius 3 is 2.76 bits per heavy atom. The monoisotopic (exact) mass is 296 g/mol. The summed E-state index contributed by atoms with van der Waals surface area (Å²) >= 11 is 3.32. The third-order valence-corrected chi connectivity index (χ3v) is 3.79. The summed E-state index contributed by atoms with van der Waals surface area (Å²) in [7, 11) is 0. The molecule has 4 heteroatoms. The summed E-state index contributed by atoms with van der Waals surface area (Å²) < 4.78 is 0.899. The first-order valence-electron chi connectivity index (χ1n) is 6.11. The van der Waals surface area contributed by atoms with Crippen molar-refractivity contribution in [2.24, 2.45) is 5.92 Å². The zero-order chi connectivity index (χ0) is 12.3. The predicted molar refractivity (Wildman–Crippen MR) is 70.9 cm³/mol. The Balaban J connectivity index is 2.02. The van der Waals surface area contributed by atoms with Crippen LogP contribution in [-0.4, -0.2) is 28.9 Å². The normalized spacial score (nSPS) is 15.4. The molecule has 92 valence electrons. The molecular formula is C13H17BrN2O. The molecule has 0 aliphatic heterocycles. The van der Waals surface area contributed by atoms with Crippen molar-refractivity contribution in [3.05, 3.63) is 28.5 Å². The van der Waals surface area contributed by atoms with E-state index in [1.54, 1.807) is 12.3 Å². The average molecular weight is 297 g/mol. The highest BCUT2D eigenvalue weighted by Crippen LogP contribution is 2.27. The Labute approximate surface area is 110 Å². The van der Waals surface area contributed by atoms with Crippen molar-refractivity contribution < 1.29 is 4.79 Å². The lowest BCUT2D eigenvalue weighted by atomic mass is 9.85. The standard InChI is InChI=1S/C13H17BrN2O/c1-2-16(9-10-4-3-5-10)13(17)12-7-6-11(14)8-15-12/h6-8,10H,2-5,9H2,1H3. The van der Waals surface area contributed by atoms with Gasteiger partial charge in [-0.3, -0.25) is 4.79 Å². The molecule has 1 aromatic rings. The van der Waals surface area contributed by atoms with E-state index in [0.717, 1.165) is 17.6 Å². The number of halogens is 1. The van der Waals surface area contributed by atoms with E-state index in [1.165, 1.54) is 19.3 Å². The number of aromatic nitrogens is 1. The van der Waals surface area contributed by atoms with Crippen LogP contribution in [0.15, 0.2) is 22.8 Å². The Hall–Kier alpha value is -0.900. The second kappa shape index (κ2) is 5.63. The highest BCUT2D eigenvalue weighted by atomic mass is 79.9. The second-order valence-corrected chi connectivity index (χ2v) is 5.42. The summed E-state index contributed by atoms with van der Waals surface area (Å²) in [5.41, 5.74) is 0.536. The van der Waals surface area contributed by atoms with Crippen LogP contribution in [0.5, 0.6) is 0 Å². The fourth-order valence-electron chi connectivity index (χ4n) is 2.01. The molecule has 1 aliphatic carbocycles. The Morgan fingerprint density at radius 1 is 1.53 bits per heavy atom. The van der Waals surface area contributed by atoms with E-state index in [-0.39, 0.29) is 5.91 Å². The van der Waals surface area contributed by atoms with Crippen molar-refractivity contribution in [2.45, 2.75) is 26.2 Å². The van der Waals surface area contributed by atoms with Gasteiger partial charge < -0.3 is 4.90 Å². The van der Waals surface area contributed by atoms with Crippen LogP contribution in [0.25, 0.3) is 0 Å². The largest absolute Gasteiger partial charge is 0.337 e. The number of carbonyl (C=O) groups is 1. The molecule has 0 aromatic carbocycles. The van der Waals surface area contributed by atoms with Gasteiger partial charge in [-0.25, -0.2) is 4.98 Å². The summed E-state index contributed by atoms with van der Waals surface area (Å²) in [6.45, 7) is 3.66. The van der Waals surface area contributed by atoms with Gasteiger partial charge in [-0.1, -0.05) is 6.42 Å². The van der Waals surface area contributed by atoms with Gasteiger partial charge in [0.1, 0.15) is 5.69 Å². The highest BCUT2D eigenvalue weighted by Gasteiger charge is 2.23. The van der Waals surface area contributed by atoms with Crippen molar-refractivity contribution in [1.82, 2.24) is 9.88 Å². The van der Waals surface area contributed by atoms with Crippen LogP contribution < -0.4 is 0 Å². The lowest BCUT2D eigenvalue weighted by molar-refractivity contribution is 0.0700. The molecule has 2 rings (SSSR count). The molecular weight excluding hydrogens is 280 g/mol. The molecule has 0 atom stereocenters. The topological polar surface area (TPSA) is 33.2 Å². The van der Waals surface area contributed by atoms with Gasteiger partial charge in [0.05, 0.1) is 0 Å². The third-order valence-electron chi connectivity index (χ3n) is 3.32. The van der Waals surface area contributed by atoms with Crippen LogP contribution in [0.1, 0.15) is 36.7 Å². The summed E-state index contributed by atoms with van der Waals surface area (Å²) in [6.07, 6.45) is 5.51. The smallest absolute Gasteiger partial charge is 0.272 e. The Kier molecular flexibility index (Phi) is 4.15. The van der Waals surface area contributed by atoms with Gasteiger partial charge in [-0.15, -0.1) is 0 Å². The number of carbonyl (C=O) groups excluding carboxylic acids is 1. The summed E-state index contributed by atoms with van der Waals surface area (Å²) in [5, 5.41) is 0. The van der Waals surface area contributed by atoms with Crippen LogP contribution in [0.4, 0.5) is 0 Å². The van der Waals surface area contributed by atoms with Crippen molar-refractivity contribution >= 4 is 21.8 Å². The van der Waals surface area contributed by atoms with Crippen molar-refractivity contribution in [2.75, 3.05) is 13.1 Å². The van der Waals surface area contributed by atoms with Crippen LogP contribution >= 0.6 is 15.9 Å². The minimum Gasteiger partial charge on any atom is -0.337 e. The van der Waals surface area contributed by atoms with Gasteiger partial charge >= 0.3 is 0 Å². The Morgan fingerprint density at radius 2 is 2.29 bits per heavy atom. The van der Waals surface area contributed by atoms with Gasteiger partial charge in [0, 0.05) is 23.8 Å². The van der Waals surface area contributed by atoms with E-state index < -0.39 is 0 Å².